The molecule has 0 spiro atoms. The van der Waals surface area contributed by atoms with Crippen molar-refractivity contribution in [3.8, 4) is 0 Å². The van der Waals surface area contributed by atoms with Gasteiger partial charge in [0.2, 0.25) is 0 Å². The first kappa shape index (κ1) is 15.4. The van der Waals surface area contributed by atoms with Crippen LogP contribution < -0.4 is 5.32 Å². The van der Waals surface area contributed by atoms with Crippen molar-refractivity contribution in [3.63, 3.8) is 0 Å². The quantitative estimate of drug-likeness (QED) is 0.292. The maximum absolute atomic E-state index is 12.2. The van der Waals surface area contributed by atoms with E-state index >= 15 is 0 Å². The predicted octanol–water partition coefficient (Wildman–Crippen LogP) is 2.10. The Bertz CT molecular complexity index is 525. The highest BCUT2D eigenvalue weighted by molar-refractivity contribution is 9.09. The second-order valence-corrected chi connectivity index (χ2v) is 5.92. The van der Waals surface area contributed by atoms with Gasteiger partial charge in [-0.15, -0.1) is 0 Å². The van der Waals surface area contributed by atoms with Gasteiger partial charge in [0.25, 0.3) is 6.17 Å². The lowest BCUT2D eigenvalue weighted by molar-refractivity contribution is -0.525. The fourth-order valence-corrected chi connectivity index (χ4v) is 3.07. The minimum absolute atomic E-state index is 0.0933. The van der Waals surface area contributed by atoms with E-state index in [2.05, 4.69) is 21.2 Å². The summed E-state index contributed by atoms with van der Waals surface area (Å²) >= 11 is 9.05. The van der Waals surface area contributed by atoms with Gasteiger partial charge in [-0.2, -0.15) is 0 Å². The van der Waals surface area contributed by atoms with E-state index in [0.717, 1.165) is 0 Å². The molecule has 108 valence electrons. The topological polar surface area (TPSA) is 75.5 Å². The minimum Gasteiger partial charge on any atom is -0.293 e. The van der Waals surface area contributed by atoms with Crippen LogP contribution in [0.25, 0.3) is 0 Å². The molecule has 3 atom stereocenters. The first-order valence-corrected chi connectivity index (χ1v) is 7.27. The summed E-state index contributed by atoms with van der Waals surface area (Å²) in [5.41, 5.74) is 0.533. The molecule has 1 aliphatic heterocycles. The van der Waals surface area contributed by atoms with Crippen molar-refractivity contribution in [1.82, 2.24) is 10.2 Å². The third-order valence-electron chi connectivity index (χ3n) is 3.21. The molecule has 1 aromatic rings. The number of benzene rings is 1. The maximum atomic E-state index is 12.2. The van der Waals surface area contributed by atoms with Crippen molar-refractivity contribution < 1.29 is 9.72 Å². The lowest BCUT2D eigenvalue weighted by Gasteiger charge is -2.21. The van der Waals surface area contributed by atoms with Crippen LogP contribution in [-0.4, -0.2) is 39.4 Å². The summed E-state index contributed by atoms with van der Waals surface area (Å²) in [6.45, 7) is 1.88. The van der Waals surface area contributed by atoms with Gasteiger partial charge >= 0.3 is 0 Å². The number of nitro groups is 1. The zero-order valence-corrected chi connectivity index (χ0v) is 13.0. The van der Waals surface area contributed by atoms with Crippen molar-refractivity contribution in [3.05, 3.63) is 45.0 Å². The Labute approximate surface area is 129 Å². The van der Waals surface area contributed by atoms with Crippen LogP contribution in [0, 0.1) is 10.1 Å². The number of hydrogen-bond donors (Lipinski definition) is 1. The first-order chi connectivity index (χ1) is 9.40. The van der Waals surface area contributed by atoms with Crippen LogP contribution in [0.3, 0.4) is 0 Å². The summed E-state index contributed by atoms with van der Waals surface area (Å²) in [5, 5.41) is 14.3. The standard InChI is InChI=1S/C12H13BrClN3O3/c1-7-15-12(17(19)20)11(13)16(7)6-10(18)8-2-4-9(14)5-3-8/h2-5,7,11-12,15H,6H2,1H3/t7-,11-,12+/m1/s1. The third kappa shape index (κ3) is 3.17. The van der Waals surface area contributed by atoms with Gasteiger partial charge in [-0.3, -0.25) is 19.8 Å². The molecule has 8 heteroatoms. The molecule has 6 nitrogen and oxygen atoms in total. The average molecular weight is 363 g/mol. The summed E-state index contributed by atoms with van der Waals surface area (Å²) in [5.74, 6) is -0.108. The number of nitrogens with zero attached hydrogens (tertiary/aromatic N) is 2. The SMILES string of the molecule is C[C@@H]1N[C@@H]([N+](=O)[O-])[C@H](Br)N1CC(=O)c1ccc(Cl)cc1. The van der Waals surface area contributed by atoms with Crippen LogP contribution in [0.5, 0.6) is 0 Å². The molecule has 1 aromatic carbocycles. The molecule has 2 rings (SSSR count). The average Bonchev–Trinajstić information content (AvgIpc) is 2.67. The highest BCUT2D eigenvalue weighted by Crippen LogP contribution is 2.23. The zero-order valence-electron chi connectivity index (χ0n) is 10.6. The second-order valence-electron chi connectivity index (χ2n) is 4.55. The molecule has 0 saturated carbocycles. The summed E-state index contributed by atoms with van der Waals surface area (Å²) in [6.07, 6.45) is -1.19. The van der Waals surface area contributed by atoms with Gasteiger partial charge in [-0.1, -0.05) is 27.5 Å². The summed E-state index contributed by atoms with van der Waals surface area (Å²) in [4.78, 5) is 23.8. The van der Waals surface area contributed by atoms with Gasteiger partial charge in [0, 0.05) is 15.5 Å². The smallest absolute Gasteiger partial charge is 0.292 e. The summed E-state index contributed by atoms with van der Waals surface area (Å²) in [6, 6.07) is 6.58. The molecule has 0 amide bonds. The normalized spacial score (nSPS) is 26.6. The monoisotopic (exact) mass is 361 g/mol. The highest BCUT2D eigenvalue weighted by atomic mass is 79.9. The fraction of sp³-hybridized carbons (Fsp3) is 0.417. The molecular weight excluding hydrogens is 350 g/mol. The fourth-order valence-electron chi connectivity index (χ4n) is 2.10. The molecule has 1 saturated heterocycles. The summed E-state index contributed by atoms with van der Waals surface area (Å²) in [7, 11) is 0. The van der Waals surface area contributed by atoms with Crippen LogP contribution in [0.4, 0.5) is 0 Å². The van der Waals surface area contributed by atoms with E-state index in [1.54, 1.807) is 36.1 Å². The first-order valence-electron chi connectivity index (χ1n) is 5.98. The zero-order chi connectivity index (χ0) is 14.9. The molecule has 1 heterocycles. The van der Waals surface area contributed by atoms with Crippen LogP contribution in [0.15, 0.2) is 24.3 Å². The lowest BCUT2D eigenvalue weighted by atomic mass is 10.1. The Morgan fingerprint density at radius 2 is 2.10 bits per heavy atom. The van der Waals surface area contributed by atoms with Gasteiger partial charge in [-0.05, 0) is 31.2 Å². The van der Waals surface area contributed by atoms with Gasteiger partial charge < -0.3 is 0 Å². The molecule has 1 N–H and O–H groups in total. The lowest BCUT2D eigenvalue weighted by Crippen LogP contribution is -2.39. The number of hydrogen-bond acceptors (Lipinski definition) is 5. The molecule has 0 bridgehead atoms. The Balaban J connectivity index is 2.07. The highest BCUT2D eigenvalue weighted by Gasteiger charge is 2.44. The van der Waals surface area contributed by atoms with Crippen LogP contribution >= 0.6 is 27.5 Å². The van der Waals surface area contributed by atoms with Gasteiger partial charge in [0.05, 0.1) is 12.7 Å². The predicted molar refractivity (Wildman–Crippen MR) is 78.6 cm³/mol. The van der Waals surface area contributed by atoms with Crippen molar-refractivity contribution in [1.29, 1.82) is 0 Å². The Morgan fingerprint density at radius 1 is 1.50 bits per heavy atom. The molecular formula is C12H13BrClN3O3. The van der Waals surface area contributed by atoms with Crippen LogP contribution in [0.1, 0.15) is 17.3 Å². The number of rotatable bonds is 4. The van der Waals surface area contributed by atoms with E-state index < -0.39 is 16.0 Å². The molecule has 1 fully saturated rings. The van der Waals surface area contributed by atoms with Crippen molar-refractivity contribution in [2.24, 2.45) is 0 Å². The Morgan fingerprint density at radius 3 is 2.60 bits per heavy atom. The molecule has 1 aliphatic rings. The number of nitrogens with one attached hydrogen (secondary N) is 1. The Hall–Kier alpha value is -1.02. The van der Waals surface area contributed by atoms with Crippen LogP contribution in [-0.2, 0) is 0 Å². The number of ketones is 1. The molecule has 0 radical (unpaired) electrons. The van der Waals surface area contributed by atoms with E-state index in [-0.39, 0.29) is 18.5 Å². The number of carbonyl (C=O) groups excluding carboxylic acids is 1. The van der Waals surface area contributed by atoms with E-state index in [1.165, 1.54) is 0 Å². The largest absolute Gasteiger partial charge is 0.293 e. The Kier molecular flexibility index (Phi) is 4.74. The number of halogens is 2. The van der Waals surface area contributed by atoms with Gasteiger partial charge in [-0.25, -0.2) is 5.32 Å². The number of carbonyl (C=O) groups is 1. The molecule has 0 aliphatic carbocycles. The maximum Gasteiger partial charge on any atom is 0.292 e. The van der Waals surface area contributed by atoms with Crippen molar-refractivity contribution >= 4 is 33.3 Å². The molecule has 0 unspecified atom stereocenters. The molecule has 20 heavy (non-hydrogen) atoms. The minimum atomic E-state index is -0.928. The van der Waals surface area contributed by atoms with Crippen LogP contribution in [0.2, 0.25) is 5.02 Å². The van der Waals surface area contributed by atoms with E-state index in [1.807, 2.05) is 0 Å². The van der Waals surface area contributed by atoms with Crippen molar-refractivity contribution in [2.45, 2.75) is 24.2 Å². The number of Topliss-reactive ketones (excluding diaryl/α,β-unsaturated/α-hetero) is 1. The second kappa shape index (κ2) is 6.17. The van der Waals surface area contributed by atoms with E-state index in [9.17, 15) is 14.9 Å². The molecule has 0 aromatic heterocycles. The van der Waals surface area contributed by atoms with Gasteiger partial charge in [0.1, 0.15) is 0 Å². The number of alkyl halides is 1. The van der Waals surface area contributed by atoms with Crippen molar-refractivity contribution in [2.75, 3.05) is 6.54 Å². The third-order valence-corrected chi connectivity index (χ3v) is 4.49. The summed E-state index contributed by atoms with van der Waals surface area (Å²) < 4.78 is 0. The van der Waals surface area contributed by atoms with E-state index in [0.29, 0.717) is 10.6 Å². The van der Waals surface area contributed by atoms with E-state index in [4.69, 9.17) is 11.6 Å². The van der Waals surface area contributed by atoms with Gasteiger partial charge in [0.15, 0.2) is 10.7 Å².